The Hall–Kier alpha value is -2.75. The van der Waals surface area contributed by atoms with Crippen LogP contribution in [0, 0.1) is 24.0 Å². The number of benzene rings is 1. The molecule has 1 heterocycles. The van der Waals surface area contributed by atoms with Gasteiger partial charge in [0.05, 0.1) is 16.8 Å². The molecule has 0 aliphatic carbocycles. The molecule has 24 heavy (non-hydrogen) atoms. The maximum absolute atomic E-state index is 11.8. The summed E-state index contributed by atoms with van der Waals surface area (Å²) >= 11 is 3.11. The van der Waals surface area contributed by atoms with Gasteiger partial charge in [0.15, 0.2) is 0 Å². The highest BCUT2D eigenvalue weighted by molar-refractivity contribution is 9.10. The first kappa shape index (κ1) is 17.6. The SMILES string of the molecule is Cc1cc(C)n(CC(=O)N/N=C/c2cc(Br)cc([N+](=O)[O-])c2O)n1. The van der Waals surface area contributed by atoms with E-state index in [0.29, 0.717) is 4.47 Å². The van der Waals surface area contributed by atoms with Crippen molar-refractivity contribution in [1.82, 2.24) is 15.2 Å². The second-order valence-electron chi connectivity index (χ2n) is 5.00. The Balaban J connectivity index is 2.07. The molecule has 0 aliphatic heterocycles. The van der Waals surface area contributed by atoms with Crippen LogP contribution in [0.1, 0.15) is 17.0 Å². The molecule has 0 fully saturated rings. The minimum Gasteiger partial charge on any atom is -0.502 e. The Morgan fingerprint density at radius 2 is 2.21 bits per heavy atom. The number of hydrogen-bond donors (Lipinski definition) is 2. The fourth-order valence-electron chi connectivity index (χ4n) is 2.02. The fourth-order valence-corrected chi connectivity index (χ4v) is 2.49. The molecule has 0 unspecified atom stereocenters. The molecule has 0 spiro atoms. The summed E-state index contributed by atoms with van der Waals surface area (Å²) in [5.74, 6) is -0.943. The summed E-state index contributed by atoms with van der Waals surface area (Å²) < 4.78 is 1.93. The highest BCUT2D eigenvalue weighted by Gasteiger charge is 2.17. The number of nitrogens with one attached hydrogen (secondary N) is 1. The Morgan fingerprint density at radius 1 is 1.50 bits per heavy atom. The predicted octanol–water partition coefficient (Wildman–Crippen LogP) is 2.03. The molecule has 1 amide bonds. The van der Waals surface area contributed by atoms with Gasteiger partial charge in [-0.1, -0.05) is 15.9 Å². The minimum atomic E-state index is -0.709. The lowest BCUT2D eigenvalue weighted by Gasteiger charge is -2.04. The molecule has 0 radical (unpaired) electrons. The van der Waals surface area contributed by atoms with Gasteiger partial charge in [-0.3, -0.25) is 19.6 Å². The molecule has 0 saturated heterocycles. The molecule has 0 saturated carbocycles. The van der Waals surface area contributed by atoms with Crippen molar-refractivity contribution in [1.29, 1.82) is 0 Å². The van der Waals surface area contributed by atoms with Gasteiger partial charge in [0, 0.05) is 21.8 Å². The standard InChI is InChI=1S/C14H14BrN5O4/c1-8-3-9(2)19(18-8)7-13(21)17-16-6-10-4-11(15)5-12(14(10)22)20(23)24/h3-6,22H,7H2,1-2H3,(H,17,21)/b16-6+. The molecule has 2 rings (SSSR count). The number of hydrogen-bond acceptors (Lipinski definition) is 6. The van der Waals surface area contributed by atoms with E-state index in [-0.39, 0.29) is 12.1 Å². The number of halogens is 1. The summed E-state index contributed by atoms with van der Waals surface area (Å²) in [5.41, 5.74) is 3.57. The maximum atomic E-state index is 11.8. The monoisotopic (exact) mass is 395 g/mol. The molecule has 0 bridgehead atoms. The van der Waals surface area contributed by atoms with Crippen LogP contribution in [0.2, 0.25) is 0 Å². The summed E-state index contributed by atoms with van der Waals surface area (Å²) in [5, 5.41) is 28.6. The number of aromatic hydroxyl groups is 1. The fraction of sp³-hybridized carbons (Fsp3) is 0.214. The number of aryl methyl sites for hydroxylation is 2. The van der Waals surface area contributed by atoms with Gasteiger partial charge in [0.25, 0.3) is 5.91 Å². The van der Waals surface area contributed by atoms with Crippen molar-refractivity contribution < 1.29 is 14.8 Å². The van der Waals surface area contributed by atoms with E-state index in [1.807, 2.05) is 19.9 Å². The van der Waals surface area contributed by atoms with Crippen LogP contribution in [0.3, 0.4) is 0 Å². The molecular formula is C14H14BrN5O4. The van der Waals surface area contributed by atoms with E-state index in [1.165, 1.54) is 16.8 Å². The van der Waals surface area contributed by atoms with Crippen LogP contribution in [-0.4, -0.2) is 31.9 Å². The van der Waals surface area contributed by atoms with Crippen LogP contribution in [0.4, 0.5) is 5.69 Å². The number of rotatable bonds is 5. The lowest BCUT2D eigenvalue weighted by Crippen LogP contribution is -2.24. The predicted molar refractivity (Wildman–Crippen MR) is 89.9 cm³/mol. The van der Waals surface area contributed by atoms with E-state index in [4.69, 9.17) is 0 Å². The number of nitrogens with zero attached hydrogens (tertiary/aromatic N) is 4. The number of aromatic nitrogens is 2. The summed E-state index contributed by atoms with van der Waals surface area (Å²) in [7, 11) is 0. The quantitative estimate of drug-likeness (QED) is 0.455. The molecule has 0 aliphatic rings. The van der Waals surface area contributed by atoms with Gasteiger partial charge < -0.3 is 5.11 Å². The van der Waals surface area contributed by atoms with Gasteiger partial charge in [-0.2, -0.15) is 10.2 Å². The summed E-state index contributed by atoms with van der Waals surface area (Å²) in [6.45, 7) is 3.64. The molecular weight excluding hydrogens is 382 g/mol. The number of carbonyl (C=O) groups excluding carboxylic acids is 1. The lowest BCUT2D eigenvalue weighted by molar-refractivity contribution is -0.385. The Bertz CT molecular complexity index is 831. The second kappa shape index (κ2) is 7.21. The summed E-state index contributed by atoms with van der Waals surface area (Å²) in [4.78, 5) is 22.0. The van der Waals surface area contributed by atoms with E-state index in [0.717, 1.165) is 17.6 Å². The Morgan fingerprint density at radius 3 is 2.79 bits per heavy atom. The molecule has 9 nitrogen and oxygen atoms in total. The van der Waals surface area contributed by atoms with Crippen LogP contribution in [0.25, 0.3) is 0 Å². The third-order valence-electron chi connectivity index (χ3n) is 3.07. The number of carbonyl (C=O) groups is 1. The smallest absolute Gasteiger partial charge is 0.312 e. The molecule has 10 heteroatoms. The number of amides is 1. The highest BCUT2D eigenvalue weighted by atomic mass is 79.9. The van der Waals surface area contributed by atoms with Gasteiger partial charge in [-0.05, 0) is 26.0 Å². The van der Waals surface area contributed by atoms with Crippen molar-refractivity contribution in [2.24, 2.45) is 5.10 Å². The molecule has 2 N–H and O–H groups in total. The Labute approximate surface area is 145 Å². The third-order valence-corrected chi connectivity index (χ3v) is 3.53. The average molecular weight is 396 g/mol. The van der Waals surface area contributed by atoms with Crippen LogP contribution >= 0.6 is 15.9 Å². The topological polar surface area (TPSA) is 123 Å². The van der Waals surface area contributed by atoms with Crippen LogP contribution in [-0.2, 0) is 11.3 Å². The van der Waals surface area contributed by atoms with E-state index < -0.39 is 22.3 Å². The van der Waals surface area contributed by atoms with Gasteiger partial charge in [-0.25, -0.2) is 5.43 Å². The van der Waals surface area contributed by atoms with E-state index in [9.17, 15) is 20.0 Å². The molecule has 0 atom stereocenters. The second-order valence-corrected chi connectivity index (χ2v) is 5.91. The van der Waals surface area contributed by atoms with Crippen molar-refractivity contribution >= 4 is 33.7 Å². The van der Waals surface area contributed by atoms with Crippen molar-refractivity contribution in [3.63, 3.8) is 0 Å². The first-order chi connectivity index (χ1) is 11.3. The maximum Gasteiger partial charge on any atom is 0.312 e. The van der Waals surface area contributed by atoms with Gasteiger partial charge in [0.2, 0.25) is 5.75 Å². The van der Waals surface area contributed by atoms with Crippen LogP contribution < -0.4 is 5.43 Å². The molecule has 1 aromatic heterocycles. The number of phenols is 1. The largest absolute Gasteiger partial charge is 0.502 e. The molecule has 126 valence electrons. The zero-order valence-corrected chi connectivity index (χ0v) is 14.4. The normalized spacial score (nSPS) is 11.0. The summed E-state index contributed by atoms with van der Waals surface area (Å²) in [6, 6.07) is 4.46. The molecule has 1 aromatic carbocycles. The first-order valence-electron chi connectivity index (χ1n) is 6.77. The zero-order valence-electron chi connectivity index (χ0n) is 12.9. The van der Waals surface area contributed by atoms with Gasteiger partial charge in [-0.15, -0.1) is 0 Å². The van der Waals surface area contributed by atoms with Crippen molar-refractivity contribution in [2.75, 3.05) is 0 Å². The minimum absolute atomic E-state index is 0.0123. The van der Waals surface area contributed by atoms with Crippen LogP contribution in [0.15, 0.2) is 27.8 Å². The third kappa shape index (κ3) is 4.16. The zero-order chi connectivity index (χ0) is 17.9. The van der Waals surface area contributed by atoms with Crippen LogP contribution in [0.5, 0.6) is 5.75 Å². The van der Waals surface area contributed by atoms with Gasteiger partial charge >= 0.3 is 5.69 Å². The van der Waals surface area contributed by atoms with E-state index in [1.54, 1.807) is 0 Å². The number of hydrazone groups is 1. The van der Waals surface area contributed by atoms with Gasteiger partial charge in [0.1, 0.15) is 6.54 Å². The lowest BCUT2D eigenvalue weighted by atomic mass is 10.2. The van der Waals surface area contributed by atoms with Crippen molar-refractivity contribution in [2.45, 2.75) is 20.4 Å². The van der Waals surface area contributed by atoms with Crippen molar-refractivity contribution in [3.8, 4) is 5.75 Å². The number of nitro groups is 1. The number of nitro benzene ring substituents is 1. The molecule has 2 aromatic rings. The van der Waals surface area contributed by atoms with Crippen molar-refractivity contribution in [3.05, 3.63) is 49.7 Å². The van der Waals surface area contributed by atoms with E-state index in [2.05, 4.69) is 31.6 Å². The van der Waals surface area contributed by atoms with E-state index >= 15 is 0 Å². The Kier molecular flexibility index (Phi) is 5.29. The summed E-state index contributed by atoms with van der Waals surface area (Å²) in [6.07, 6.45) is 1.13. The highest BCUT2D eigenvalue weighted by Crippen LogP contribution is 2.32. The number of phenolic OH excluding ortho intramolecular Hbond substituents is 1. The first-order valence-corrected chi connectivity index (χ1v) is 7.57. The average Bonchev–Trinajstić information content (AvgIpc) is 2.79.